The van der Waals surface area contributed by atoms with E-state index in [-0.39, 0.29) is 23.7 Å². The molecular weight excluding hydrogens is 656 g/mol. The number of carbonyl (C=O) groups is 4. The van der Waals surface area contributed by atoms with Gasteiger partial charge in [-0.1, -0.05) is 12.2 Å². The molecule has 14 saturated carbocycles. The Kier molecular flexibility index (Phi) is 6.65. The zero-order chi connectivity index (χ0) is 35.5. The van der Waals surface area contributed by atoms with Gasteiger partial charge >= 0.3 is 23.9 Å². The highest BCUT2D eigenvalue weighted by atomic mass is 16.6. The van der Waals surface area contributed by atoms with E-state index in [1.54, 1.807) is 12.2 Å². The molecule has 0 heterocycles. The third kappa shape index (κ3) is 4.69. The second-order valence-corrected chi connectivity index (χ2v) is 21.1. The number of rotatable bonds is 10. The zero-order valence-electron chi connectivity index (χ0n) is 30.8. The lowest BCUT2D eigenvalue weighted by molar-refractivity contribution is -0.238. The molecule has 12 bridgehead atoms. The van der Waals surface area contributed by atoms with Gasteiger partial charge in [0.2, 0.25) is 0 Å². The maximum atomic E-state index is 14.4. The molecule has 8 heteroatoms. The van der Waals surface area contributed by atoms with Crippen molar-refractivity contribution in [3.05, 3.63) is 25.3 Å². The van der Waals surface area contributed by atoms with Gasteiger partial charge in [0.1, 0.15) is 22.4 Å². The van der Waals surface area contributed by atoms with Crippen LogP contribution < -0.4 is 0 Å². The van der Waals surface area contributed by atoms with Crippen molar-refractivity contribution in [1.29, 1.82) is 0 Å². The SMILES string of the molecule is C=CC1CC1(C(=O)OC12CC3CC(CC(C3)C1)C2)C(=O)OC12CC3CC(C1)CC(OC(=O)C1(C(=O)OC45CC6CC(CC(C6)C4)C5)CC1C=C)(C3)C2. The fourth-order valence-electron chi connectivity index (χ4n) is 16.0. The second kappa shape index (κ2) is 10.6. The lowest BCUT2D eigenvalue weighted by Crippen LogP contribution is -2.63. The number of allylic oxidation sites excluding steroid dienone is 2. The summed E-state index contributed by atoms with van der Waals surface area (Å²) in [6.07, 6.45) is 21.4. The molecule has 8 nitrogen and oxygen atoms in total. The predicted octanol–water partition coefficient (Wildman–Crippen LogP) is 7.57. The maximum absolute atomic E-state index is 14.4. The van der Waals surface area contributed by atoms with Crippen LogP contribution in [-0.2, 0) is 38.1 Å². The summed E-state index contributed by atoms with van der Waals surface area (Å²) in [6.45, 7) is 7.95. The molecule has 0 aromatic carbocycles. The van der Waals surface area contributed by atoms with Crippen molar-refractivity contribution in [2.24, 2.45) is 70.0 Å². The van der Waals surface area contributed by atoms with Crippen LogP contribution in [0.25, 0.3) is 0 Å². The van der Waals surface area contributed by atoms with Crippen LogP contribution in [0.1, 0.15) is 128 Å². The molecule has 280 valence electrons. The first kappa shape index (κ1) is 32.8. The highest BCUT2D eigenvalue weighted by molar-refractivity contribution is 6.05. The molecule has 14 aliphatic rings. The van der Waals surface area contributed by atoms with E-state index >= 15 is 0 Å². The van der Waals surface area contributed by atoms with Crippen LogP contribution in [0.4, 0.5) is 0 Å². The van der Waals surface area contributed by atoms with Crippen molar-refractivity contribution in [3.63, 3.8) is 0 Å². The van der Waals surface area contributed by atoms with Gasteiger partial charge in [-0.05, 0) is 169 Å². The van der Waals surface area contributed by atoms with Gasteiger partial charge in [0.25, 0.3) is 0 Å². The Bertz CT molecular complexity index is 1460. The molecule has 0 aromatic rings. The summed E-state index contributed by atoms with van der Waals surface area (Å²) in [5.41, 5.74) is -5.17. The molecule has 0 spiro atoms. The first-order valence-electron chi connectivity index (χ1n) is 21.1. The van der Waals surface area contributed by atoms with E-state index in [0.717, 1.165) is 44.9 Å². The molecule has 14 rings (SSSR count). The van der Waals surface area contributed by atoms with E-state index in [4.69, 9.17) is 18.9 Å². The minimum Gasteiger partial charge on any atom is -0.458 e. The van der Waals surface area contributed by atoms with Crippen LogP contribution in [-0.4, -0.2) is 46.3 Å². The zero-order valence-corrected chi connectivity index (χ0v) is 30.8. The number of esters is 4. The van der Waals surface area contributed by atoms with E-state index in [1.807, 2.05) is 0 Å². The van der Waals surface area contributed by atoms with Crippen LogP contribution in [0.15, 0.2) is 25.3 Å². The summed E-state index contributed by atoms with van der Waals surface area (Å²) in [5.74, 6) is 1.83. The lowest BCUT2D eigenvalue weighted by atomic mass is 9.52. The summed E-state index contributed by atoms with van der Waals surface area (Å²) in [7, 11) is 0. The van der Waals surface area contributed by atoms with Crippen molar-refractivity contribution in [2.45, 2.75) is 151 Å². The highest BCUT2D eigenvalue weighted by Gasteiger charge is 2.73. The van der Waals surface area contributed by atoms with E-state index < -0.39 is 57.1 Å². The minimum absolute atomic E-state index is 0.246. The van der Waals surface area contributed by atoms with E-state index in [0.29, 0.717) is 80.5 Å². The largest absolute Gasteiger partial charge is 0.458 e. The Morgan fingerprint density at radius 3 is 0.904 bits per heavy atom. The average Bonchev–Trinajstić information content (AvgIpc) is 3.96. The number of carbonyl (C=O) groups excluding carboxylic acids is 4. The molecule has 14 aliphatic carbocycles. The van der Waals surface area contributed by atoms with Crippen LogP contribution >= 0.6 is 0 Å². The maximum Gasteiger partial charge on any atom is 0.324 e. The molecule has 4 unspecified atom stereocenters. The van der Waals surface area contributed by atoms with Gasteiger partial charge in [0.05, 0.1) is 0 Å². The first-order valence-corrected chi connectivity index (χ1v) is 21.1. The van der Waals surface area contributed by atoms with Crippen molar-refractivity contribution in [2.75, 3.05) is 0 Å². The Morgan fingerprint density at radius 2 is 0.635 bits per heavy atom. The monoisotopic (exact) mass is 712 g/mol. The molecule has 0 N–H and O–H groups in total. The van der Waals surface area contributed by atoms with Gasteiger partial charge in [-0.2, -0.15) is 0 Å². The van der Waals surface area contributed by atoms with Crippen LogP contribution in [0.5, 0.6) is 0 Å². The Labute approximate surface area is 307 Å². The molecule has 14 fully saturated rings. The van der Waals surface area contributed by atoms with Crippen LogP contribution in [0.2, 0.25) is 0 Å². The normalized spacial score (nSPS) is 54.7. The van der Waals surface area contributed by atoms with Gasteiger partial charge in [0, 0.05) is 18.3 Å². The molecular formula is C44H56O8. The van der Waals surface area contributed by atoms with Crippen molar-refractivity contribution in [3.8, 4) is 0 Å². The quantitative estimate of drug-likeness (QED) is 0.0989. The summed E-state index contributed by atoms with van der Waals surface area (Å²) in [6, 6.07) is 0. The Morgan fingerprint density at radius 1 is 0.385 bits per heavy atom. The topological polar surface area (TPSA) is 105 Å². The molecule has 0 amide bonds. The van der Waals surface area contributed by atoms with Crippen LogP contribution in [0, 0.1) is 70.0 Å². The molecule has 0 aliphatic heterocycles. The summed E-state index contributed by atoms with van der Waals surface area (Å²) in [4.78, 5) is 57.2. The summed E-state index contributed by atoms with van der Waals surface area (Å²) in [5, 5.41) is 0. The molecule has 4 atom stereocenters. The molecule has 0 radical (unpaired) electrons. The standard InChI is InChI=1S/C44H56O8/c1-3-33-22-43(33,35(45)49-39-12-25-5-26(13-39)7-27(6-25)14-39)37(47)51-41-18-31-11-32(19-41)21-42(20-31,24-41)52-38(48)44(23-34(44)4-2)36(46)50-40-15-28-8-29(16-40)10-30(9-28)17-40/h3-4,25-34H,1-2,5-24H2. The van der Waals surface area contributed by atoms with Gasteiger partial charge < -0.3 is 18.9 Å². The number of hydrogen-bond acceptors (Lipinski definition) is 8. The fourth-order valence-corrected chi connectivity index (χ4v) is 16.0. The first-order chi connectivity index (χ1) is 24.9. The van der Waals surface area contributed by atoms with Crippen molar-refractivity contribution in [1.82, 2.24) is 0 Å². The molecule has 0 saturated heterocycles. The van der Waals surface area contributed by atoms with Crippen molar-refractivity contribution < 1.29 is 38.1 Å². The van der Waals surface area contributed by atoms with Gasteiger partial charge in [-0.15, -0.1) is 13.2 Å². The Balaban J connectivity index is 0.814. The third-order valence-corrected chi connectivity index (χ3v) is 17.2. The Hall–Kier alpha value is -2.64. The highest BCUT2D eigenvalue weighted by Crippen LogP contribution is 2.66. The summed E-state index contributed by atoms with van der Waals surface area (Å²) >= 11 is 0. The lowest BCUT2D eigenvalue weighted by Gasteiger charge is -2.60. The van der Waals surface area contributed by atoms with E-state index in [2.05, 4.69) is 13.2 Å². The average molecular weight is 713 g/mol. The number of hydrogen-bond donors (Lipinski definition) is 0. The van der Waals surface area contributed by atoms with Crippen molar-refractivity contribution >= 4 is 23.9 Å². The number of ether oxygens (including phenoxy) is 4. The van der Waals surface area contributed by atoms with E-state index in [9.17, 15) is 19.2 Å². The minimum atomic E-state index is -1.34. The van der Waals surface area contributed by atoms with Gasteiger partial charge in [-0.25, -0.2) is 0 Å². The summed E-state index contributed by atoms with van der Waals surface area (Å²) < 4.78 is 26.2. The van der Waals surface area contributed by atoms with Gasteiger partial charge in [-0.3, -0.25) is 19.2 Å². The predicted molar refractivity (Wildman–Crippen MR) is 188 cm³/mol. The van der Waals surface area contributed by atoms with E-state index in [1.165, 1.54) is 38.5 Å². The smallest absolute Gasteiger partial charge is 0.324 e. The van der Waals surface area contributed by atoms with Crippen LogP contribution in [0.3, 0.4) is 0 Å². The second-order valence-electron chi connectivity index (χ2n) is 21.1. The third-order valence-electron chi connectivity index (χ3n) is 17.2. The molecule has 52 heavy (non-hydrogen) atoms. The van der Waals surface area contributed by atoms with Gasteiger partial charge in [0.15, 0.2) is 10.8 Å². The fraction of sp³-hybridized carbons (Fsp3) is 0.818. The molecule has 0 aromatic heterocycles.